The number of fused-ring (bicyclic) bond motifs is 12. The molecule has 0 atom stereocenters. The highest BCUT2D eigenvalue weighted by atomic mass is 15.2. The van der Waals surface area contributed by atoms with Gasteiger partial charge in [0.1, 0.15) is 0 Å². The largest absolute Gasteiger partial charge is 0.309 e. The Kier molecular flexibility index (Phi) is 6.66. The van der Waals surface area contributed by atoms with E-state index in [1.807, 2.05) is 0 Å². The molecule has 13 rings (SSSR count). The molecule has 0 saturated carbocycles. The molecule has 4 aromatic heterocycles. The first kappa shape index (κ1) is 32.1. The molecule has 0 aliphatic carbocycles. The van der Waals surface area contributed by atoms with E-state index in [0.717, 1.165) is 55.3 Å². The van der Waals surface area contributed by atoms with E-state index in [0.29, 0.717) is 5.95 Å². The van der Waals surface area contributed by atoms with Gasteiger partial charge in [0.15, 0.2) is 0 Å². The van der Waals surface area contributed by atoms with Crippen LogP contribution in [0.1, 0.15) is 0 Å². The van der Waals surface area contributed by atoms with Crippen LogP contribution in [0.3, 0.4) is 0 Å². The highest BCUT2D eigenvalue weighted by molar-refractivity contribution is 6.29. The van der Waals surface area contributed by atoms with E-state index in [1.54, 1.807) is 0 Å². The maximum atomic E-state index is 5.40. The third kappa shape index (κ3) is 4.61. The summed E-state index contributed by atoms with van der Waals surface area (Å²) in [6, 6.07) is 71.9. The van der Waals surface area contributed by atoms with Crippen molar-refractivity contribution in [3.63, 3.8) is 0 Å². The lowest BCUT2D eigenvalue weighted by Gasteiger charge is -2.13. The van der Waals surface area contributed by atoms with Crippen molar-refractivity contribution in [1.29, 1.82) is 0 Å². The van der Waals surface area contributed by atoms with Gasteiger partial charge in [-0.2, -0.15) is 0 Å². The van der Waals surface area contributed by atoms with Crippen molar-refractivity contribution < 1.29 is 0 Å². The minimum Gasteiger partial charge on any atom is -0.309 e. The number of benzene rings is 9. The summed E-state index contributed by atoms with van der Waals surface area (Å²) in [6.07, 6.45) is 0. The van der Waals surface area contributed by atoms with Crippen molar-refractivity contribution in [3.8, 4) is 28.6 Å². The average Bonchev–Trinajstić information content (AvgIpc) is 3.94. The van der Waals surface area contributed by atoms with Gasteiger partial charge in [-0.25, -0.2) is 9.97 Å². The van der Waals surface area contributed by atoms with Crippen LogP contribution in [0.25, 0.3) is 116 Å². The second-order valence-electron chi connectivity index (χ2n) is 15.4. The summed E-state index contributed by atoms with van der Waals surface area (Å²) in [5, 5.41) is 10.7. The zero-order valence-corrected chi connectivity index (χ0v) is 31.8. The molecular formula is C54H33N5. The van der Waals surface area contributed by atoms with Crippen LogP contribution < -0.4 is 0 Å². The second kappa shape index (κ2) is 12.2. The minimum absolute atomic E-state index is 0.653. The van der Waals surface area contributed by atoms with Gasteiger partial charge in [0, 0.05) is 54.6 Å². The molecule has 5 heteroatoms. The molecule has 4 heterocycles. The lowest BCUT2D eigenvalue weighted by atomic mass is 10.0. The van der Waals surface area contributed by atoms with Crippen molar-refractivity contribution in [1.82, 2.24) is 23.7 Å². The van der Waals surface area contributed by atoms with Crippen LogP contribution in [0.2, 0.25) is 0 Å². The Morgan fingerprint density at radius 2 is 0.847 bits per heavy atom. The summed E-state index contributed by atoms with van der Waals surface area (Å²) in [5.41, 5.74) is 12.0. The Hall–Kier alpha value is -8.02. The molecule has 0 aliphatic rings. The van der Waals surface area contributed by atoms with Gasteiger partial charge in [0.2, 0.25) is 5.95 Å². The monoisotopic (exact) mass is 751 g/mol. The molecule has 5 nitrogen and oxygen atoms in total. The minimum atomic E-state index is 0.653. The molecule has 0 aliphatic heterocycles. The lowest BCUT2D eigenvalue weighted by molar-refractivity contribution is 1.01. The first-order chi connectivity index (χ1) is 29.3. The Morgan fingerprint density at radius 3 is 1.58 bits per heavy atom. The van der Waals surface area contributed by atoms with Gasteiger partial charge in [0.05, 0.1) is 44.3 Å². The standard InChI is InChI=1S/C54H33N5/c1-2-16-37(17-3-1)57-46-24-12-8-20-41(46)51-49(57)30-31-50-52(51)42-21-9-13-25-47(42)58(50)38-28-29-48-43(33-38)39-18-7-11-23-45(39)59(48)54-55-44-22-10-6-19-40(44)53(56-54)36-27-26-34-14-4-5-15-35(34)32-36/h1-33H. The van der Waals surface area contributed by atoms with Crippen LogP contribution in [0.15, 0.2) is 200 Å². The SMILES string of the molecule is c1ccc(-n2c3ccccc3c3c4c5ccccc5n(-c5ccc6c(c5)c5ccccc5n6-c5nc(-c6ccc7ccccc7c6)c6ccccc6n5)c4ccc32)cc1. The molecule has 0 amide bonds. The van der Waals surface area contributed by atoms with Crippen LogP contribution in [0.4, 0.5) is 0 Å². The van der Waals surface area contributed by atoms with E-state index in [9.17, 15) is 0 Å². The van der Waals surface area contributed by atoms with Crippen LogP contribution in [0.5, 0.6) is 0 Å². The molecule has 0 N–H and O–H groups in total. The highest BCUT2D eigenvalue weighted by Gasteiger charge is 2.22. The molecular weight excluding hydrogens is 719 g/mol. The van der Waals surface area contributed by atoms with Gasteiger partial charge in [-0.05, 0) is 83.6 Å². The van der Waals surface area contributed by atoms with Crippen LogP contribution >= 0.6 is 0 Å². The number of hydrogen-bond donors (Lipinski definition) is 0. The number of hydrogen-bond acceptors (Lipinski definition) is 2. The molecule has 0 spiro atoms. The second-order valence-corrected chi connectivity index (χ2v) is 15.4. The number of aromatic nitrogens is 5. The summed E-state index contributed by atoms with van der Waals surface area (Å²) in [4.78, 5) is 10.6. The normalized spacial score (nSPS) is 12.1. The third-order valence-electron chi connectivity index (χ3n) is 12.2. The molecule has 0 unspecified atom stereocenters. The summed E-state index contributed by atoms with van der Waals surface area (Å²) in [5.74, 6) is 0.653. The van der Waals surface area contributed by atoms with Crippen molar-refractivity contribution in [2.45, 2.75) is 0 Å². The first-order valence-corrected chi connectivity index (χ1v) is 20.1. The van der Waals surface area contributed by atoms with E-state index in [4.69, 9.17) is 9.97 Å². The van der Waals surface area contributed by atoms with E-state index >= 15 is 0 Å². The maximum absolute atomic E-state index is 5.40. The van der Waals surface area contributed by atoms with Crippen molar-refractivity contribution >= 4 is 87.1 Å². The lowest BCUT2D eigenvalue weighted by Crippen LogP contribution is -2.03. The molecule has 0 radical (unpaired) electrons. The fourth-order valence-electron chi connectivity index (χ4n) is 9.69. The average molecular weight is 752 g/mol. The molecule has 9 aromatic carbocycles. The van der Waals surface area contributed by atoms with Crippen LogP contribution in [-0.2, 0) is 0 Å². The molecule has 0 saturated heterocycles. The molecule has 59 heavy (non-hydrogen) atoms. The van der Waals surface area contributed by atoms with Crippen LogP contribution in [0, 0.1) is 0 Å². The van der Waals surface area contributed by atoms with E-state index in [2.05, 4.69) is 214 Å². The van der Waals surface area contributed by atoms with Gasteiger partial charge in [-0.15, -0.1) is 0 Å². The van der Waals surface area contributed by atoms with E-state index in [1.165, 1.54) is 54.4 Å². The van der Waals surface area contributed by atoms with Crippen molar-refractivity contribution in [2.24, 2.45) is 0 Å². The van der Waals surface area contributed by atoms with Crippen molar-refractivity contribution in [2.75, 3.05) is 0 Å². The fraction of sp³-hybridized carbons (Fsp3) is 0. The quantitative estimate of drug-likeness (QED) is 0.180. The molecule has 0 fully saturated rings. The predicted molar refractivity (Wildman–Crippen MR) is 245 cm³/mol. The first-order valence-electron chi connectivity index (χ1n) is 20.1. The Balaban J connectivity index is 1.06. The van der Waals surface area contributed by atoms with Gasteiger partial charge >= 0.3 is 0 Å². The summed E-state index contributed by atoms with van der Waals surface area (Å²) in [6.45, 7) is 0. The Morgan fingerprint density at radius 1 is 0.305 bits per heavy atom. The number of para-hydroxylation sites is 5. The highest BCUT2D eigenvalue weighted by Crippen LogP contribution is 2.43. The summed E-state index contributed by atoms with van der Waals surface area (Å²) >= 11 is 0. The van der Waals surface area contributed by atoms with Gasteiger partial charge < -0.3 is 9.13 Å². The summed E-state index contributed by atoms with van der Waals surface area (Å²) in [7, 11) is 0. The number of nitrogens with zero attached hydrogens (tertiary/aromatic N) is 5. The third-order valence-corrected chi connectivity index (χ3v) is 12.2. The predicted octanol–water partition coefficient (Wildman–Crippen LogP) is 13.7. The zero-order valence-electron chi connectivity index (χ0n) is 31.8. The summed E-state index contributed by atoms with van der Waals surface area (Å²) < 4.78 is 7.07. The molecule has 13 aromatic rings. The molecule has 274 valence electrons. The topological polar surface area (TPSA) is 40.6 Å². The van der Waals surface area contributed by atoms with Gasteiger partial charge in [-0.3, -0.25) is 4.57 Å². The van der Waals surface area contributed by atoms with E-state index in [-0.39, 0.29) is 0 Å². The number of rotatable bonds is 4. The van der Waals surface area contributed by atoms with E-state index < -0.39 is 0 Å². The molecule has 0 bridgehead atoms. The zero-order chi connectivity index (χ0) is 38.6. The van der Waals surface area contributed by atoms with Crippen LogP contribution in [-0.4, -0.2) is 23.7 Å². The van der Waals surface area contributed by atoms with Gasteiger partial charge in [0.25, 0.3) is 0 Å². The van der Waals surface area contributed by atoms with Gasteiger partial charge in [-0.1, -0.05) is 127 Å². The fourth-order valence-corrected chi connectivity index (χ4v) is 9.69. The van der Waals surface area contributed by atoms with Crippen molar-refractivity contribution in [3.05, 3.63) is 200 Å². The maximum Gasteiger partial charge on any atom is 0.235 e. The Labute approximate surface area is 338 Å². The Bertz CT molecular complexity index is 3850. The smallest absolute Gasteiger partial charge is 0.235 e.